The predicted octanol–water partition coefficient (Wildman–Crippen LogP) is 4.41. The Morgan fingerprint density at radius 2 is 1.64 bits per heavy atom. The van der Waals surface area contributed by atoms with Crippen molar-refractivity contribution >= 4 is 26.7 Å². The van der Waals surface area contributed by atoms with Crippen LogP contribution in [0.2, 0.25) is 0 Å². The number of imidazole rings is 1. The van der Waals surface area contributed by atoms with Crippen molar-refractivity contribution in [3.05, 3.63) is 90.0 Å². The lowest BCUT2D eigenvalue weighted by Crippen LogP contribution is -2.31. The number of halogens is 1. The summed E-state index contributed by atoms with van der Waals surface area (Å²) in [4.78, 5) is 7.80. The quantitative estimate of drug-likeness (QED) is 0.544. The molecule has 4 aromatic rings. The van der Waals surface area contributed by atoms with E-state index in [2.05, 4.69) is 9.97 Å². The van der Waals surface area contributed by atoms with Gasteiger partial charge in [0.2, 0.25) is 0 Å². The lowest BCUT2D eigenvalue weighted by molar-refractivity contribution is 0.589. The van der Waals surface area contributed by atoms with Crippen LogP contribution in [-0.4, -0.2) is 18.4 Å². The van der Waals surface area contributed by atoms with Crippen LogP contribution >= 0.6 is 0 Å². The number of hydrogen-bond donors (Lipinski definition) is 1. The maximum absolute atomic E-state index is 13.4. The number of sulfonamides is 1. The van der Waals surface area contributed by atoms with E-state index in [1.54, 1.807) is 24.3 Å². The molecule has 7 heteroatoms. The van der Waals surface area contributed by atoms with Crippen LogP contribution in [0.5, 0.6) is 0 Å². The van der Waals surface area contributed by atoms with E-state index < -0.39 is 15.8 Å². The summed E-state index contributed by atoms with van der Waals surface area (Å²) in [5.41, 5.74) is 2.90. The van der Waals surface area contributed by atoms with Crippen molar-refractivity contribution in [2.24, 2.45) is 0 Å². The number of H-pyrrole nitrogens is 1. The summed E-state index contributed by atoms with van der Waals surface area (Å²) in [7, 11) is -3.87. The van der Waals surface area contributed by atoms with Crippen LogP contribution in [-0.2, 0) is 16.6 Å². The van der Waals surface area contributed by atoms with Gasteiger partial charge in [-0.3, -0.25) is 4.31 Å². The lowest BCUT2D eigenvalue weighted by atomic mass is 10.2. The Morgan fingerprint density at radius 1 is 0.964 bits per heavy atom. The standard InChI is InChI=1S/C21H18FN3O2S/c1-15-6-12-18(13-7-15)28(26,27)25(17-10-8-16(22)9-11-17)14-21-23-19-4-2-3-5-20(19)24-21/h2-13H,14H2,1H3,(H,23,24). The molecule has 0 saturated carbocycles. The van der Waals surface area contributed by atoms with Gasteiger partial charge in [0, 0.05) is 0 Å². The summed E-state index contributed by atoms with van der Waals surface area (Å²) in [6.07, 6.45) is 0. The first-order chi connectivity index (χ1) is 13.4. The first-order valence-electron chi connectivity index (χ1n) is 8.72. The molecular weight excluding hydrogens is 377 g/mol. The molecule has 0 saturated heterocycles. The zero-order valence-corrected chi connectivity index (χ0v) is 15.9. The van der Waals surface area contributed by atoms with E-state index in [9.17, 15) is 12.8 Å². The smallest absolute Gasteiger partial charge is 0.264 e. The summed E-state index contributed by atoms with van der Waals surface area (Å²) < 4.78 is 41.3. The fourth-order valence-corrected chi connectivity index (χ4v) is 4.40. The highest BCUT2D eigenvalue weighted by atomic mass is 32.2. The average molecular weight is 395 g/mol. The van der Waals surface area contributed by atoms with Gasteiger partial charge in [-0.05, 0) is 55.5 Å². The number of para-hydroxylation sites is 2. The Balaban J connectivity index is 1.79. The third-order valence-electron chi connectivity index (χ3n) is 4.46. The largest absolute Gasteiger partial charge is 0.340 e. The number of aromatic amines is 1. The number of fused-ring (bicyclic) bond motifs is 1. The van der Waals surface area contributed by atoms with E-state index in [-0.39, 0.29) is 11.4 Å². The third-order valence-corrected chi connectivity index (χ3v) is 6.24. The number of nitrogens with zero attached hydrogens (tertiary/aromatic N) is 2. The molecule has 4 rings (SSSR count). The Kier molecular flexibility index (Phi) is 4.60. The molecule has 0 radical (unpaired) electrons. The summed E-state index contributed by atoms with van der Waals surface area (Å²) in [5, 5.41) is 0. The molecule has 0 atom stereocenters. The molecule has 1 heterocycles. The highest BCUT2D eigenvalue weighted by Gasteiger charge is 2.26. The lowest BCUT2D eigenvalue weighted by Gasteiger charge is -2.23. The average Bonchev–Trinajstić information content (AvgIpc) is 3.10. The van der Waals surface area contributed by atoms with Crippen LogP contribution in [0, 0.1) is 12.7 Å². The van der Waals surface area contributed by atoms with Crippen molar-refractivity contribution < 1.29 is 12.8 Å². The van der Waals surface area contributed by atoms with Crippen LogP contribution in [0.25, 0.3) is 11.0 Å². The SMILES string of the molecule is Cc1ccc(S(=O)(=O)N(Cc2nc3ccccc3[nH]2)c2ccc(F)cc2)cc1. The second-order valence-electron chi connectivity index (χ2n) is 6.50. The molecule has 28 heavy (non-hydrogen) atoms. The molecule has 5 nitrogen and oxygen atoms in total. The minimum absolute atomic E-state index is 0.00345. The number of anilines is 1. The minimum atomic E-state index is -3.87. The first-order valence-corrected chi connectivity index (χ1v) is 10.2. The van der Waals surface area contributed by atoms with Crippen molar-refractivity contribution in [1.82, 2.24) is 9.97 Å². The zero-order chi connectivity index (χ0) is 19.7. The number of nitrogens with one attached hydrogen (secondary N) is 1. The topological polar surface area (TPSA) is 66.1 Å². The number of hydrogen-bond acceptors (Lipinski definition) is 3. The maximum atomic E-state index is 13.4. The van der Waals surface area contributed by atoms with Crippen LogP contribution < -0.4 is 4.31 Å². The van der Waals surface area contributed by atoms with Gasteiger partial charge >= 0.3 is 0 Å². The van der Waals surface area contributed by atoms with E-state index in [1.165, 1.54) is 28.6 Å². The van der Waals surface area contributed by atoms with Gasteiger partial charge in [0.1, 0.15) is 11.6 Å². The normalized spacial score (nSPS) is 11.6. The minimum Gasteiger partial charge on any atom is -0.340 e. The predicted molar refractivity (Wildman–Crippen MR) is 107 cm³/mol. The Labute approximate surface area is 162 Å². The van der Waals surface area contributed by atoms with Crippen molar-refractivity contribution in [3.8, 4) is 0 Å². The molecule has 0 bridgehead atoms. The summed E-state index contributed by atoms with van der Waals surface area (Å²) in [5.74, 6) is 0.0707. The maximum Gasteiger partial charge on any atom is 0.264 e. The number of benzene rings is 3. The Morgan fingerprint density at radius 3 is 2.32 bits per heavy atom. The molecular formula is C21H18FN3O2S. The van der Waals surface area contributed by atoms with Crippen LogP contribution in [0.1, 0.15) is 11.4 Å². The van der Waals surface area contributed by atoms with Crippen molar-refractivity contribution in [2.75, 3.05) is 4.31 Å². The van der Waals surface area contributed by atoms with E-state index in [4.69, 9.17) is 0 Å². The number of aryl methyl sites for hydroxylation is 1. The van der Waals surface area contributed by atoms with Gasteiger partial charge in [0.25, 0.3) is 10.0 Å². The monoisotopic (exact) mass is 395 g/mol. The molecule has 0 unspecified atom stereocenters. The summed E-state index contributed by atoms with van der Waals surface area (Å²) in [6, 6.07) is 19.5. The fraction of sp³-hybridized carbons (Fsp3) is 0.0952. The van der Waals surface area contributed by atoms with Gasteiger partial charge in [0.05, 0.1) is 28.2 Å². The van der Waals surface area contributed by atoms with Gasteiger partial charge in [0.15, 0.2) is 0 Å². The molecule has 1 N–H and O–H groups in total. The van der Waals surface area contributed by atoms with E-state index in [0.29, 0.717) is 11.5 Å². The fourth-order valence-electron chi connectivity index (χ4n) is 2.98. The molecule has 0 spiro atoms. The van der Waals surface area contributed by atoms with Crippen LogP contribution in [0.3, 0.4) is 0 Å². The third kappa shape index (κ3) is 3.48. The van der Waals surface area contributed by atoms with Crippen LogP contribution in [0.4, 0.5) is 10.1 Å². The van der Waals surface area contributed by atoms with Gasteiger partial charge in [-0.1, -0.05) is 29.8 Å². The second kappa shape index (κ2) is 7.09. The van der Waals surface area contributed by atoms with E-state index in [1.807, 2.05) is 31.2 Å². The van der Waals surface area contributed by atoms with E-state index in [0.717, 1.165) is 16.6 Å². The molecule has 0 aliphatic carbocycles. The van der Waals surface area contributed by atoms with E-state index >= 15 is 0 Å². The highest BCUT2D eigenvalue weighted by Crippen LogP contribution is 2.26. The molecule has 0 aliphatic heterocycles. The molecule has 0 amide bonds. The summed E-state index contributed by atoms with van der Waals surface area (Å²) >= 11 is 0. The molecule has 0 aliphatic rings. The van der Waals surface area contributed by atoms with Gasteiger partial charge in [-0.2, -0.15) is 0 Å². The second-order valence-corrected chi connectivity index (χ2v) is 8.36. The molecule has 142 valence electrons. The number of rotatable bonds is 5. The molecule has 0 fully saturated rings. The van der Waals surface area contributed by atoms with Gasteiger partial charge < -0.3 is 4.98 Å². The Hall–Kier alpha value is -3.19. The first kappa shape index (κ1) is 18.2. The number of aromatic nitrogens is 2. The highest BCUT2D eigenvalue weighted by molar-refractivity contribution is 7.92. The Bertz CT molecular complexity index is 1180. The molecule has 1 aromatic heterocycles. The van der Waals surface area contributed by atoms with Gasteiger partial charge in [-0.25, -0.2) is 17.8 Å². The summed E-state index contributed by atoms with van der Waals surface area (Å²) in [6.45, 7) is 1.89. The van der Waals surface area contributed by atoms with Crippen molar-refractivity contribution in [2.45, 2.75) is 18.4 Å². The molecule has 3 aromatic carbocycles. The van der Waals surface area contributed by atoms with Crippen molar-refractivity contribution in [3.63, 3.8) is 0 Å². The van der Waals surface area contributed by atoms with Gasteiger partial charge in [-0.15, -0.1) is 0 Å². The van der Waals surface area contributed by atoms with Crippen molar-refractivity contribution in [1.29, 1.82) is 0 Å². The van der Waals surface area contributed by atoms with Crippen LogP contribution in [0.15, 0.2) is 77.7 Å². The zero-order valence-electron chi connectivity index (χ0n) is 15.1.